The summed E-state index contributed by atoms with van der Waals surface area (Å²) in [5.74, 6) is 0.519. The van der Waals surface area contributed by atoms with Crippen LogP contribution in [0, 0.1) is 6.92 Å². The Kier molecular flexibility index (Phi) is 3.18. The fraction of sp³-hybridized carbons (Fsp3) is 0.357. The molecule has 3 heteroatoms. The van der Waals surface area contributed by atoms with Crippen LogP contribution in [0.15, 0.2) is 23.0 Å². The smallest absolute Gasteiger partial charge is 0.194 e. The van der Waals surface area contributed by atoms with E-state index in [0.717, 1.165) is 41.3 Å². The maximum absolute atomic E-state index is 12.3. The van der Waals surface area contributed by atoms with Crippen LogP contribution in [0.2, 0.25) is 0 Å². The number of aromatic amines is 1. The summed E-state index contributed by atoms with van der Waals surface area (Å²) in [7, 11) is 0. The number of H-pyrrole nitrogens is 1. The average molecular weight is 230 g/mol. The van der Waals surface area contributed by atoms with Gasteiger partial charge in [0.15, 0.2) is 5.43 Å². The fourth-order valence-corrected chi connectivity index (χ4v) is 2.12. The standard InChI is InChI=1S/C14H18N2O/c1-3-4-7-11-13(17)10-8-5-6-9(2)12(10)16-14(11)15/h5-6,8H,3-4,7H2,1-2H3,(H3,15,16,17). The van der Waals surface area contributed by atoms with E-state index in [-0.39, 0.29) is 5.43 Å². The van der Waals surface area contributed by atoms with Crippen LogP contribution in [0.1, 0.15) is 30.9 Å². The second-order valence-electron chi connectivity index (χ2n) is 4.45. The summed E-state index contributed by atoms with van der Waals surface area (Å²) in [5, 5.41) is 0.741. The molecule has 0 saturated carbocycles. The molecule has 0 aliphatic carbocycles. The lowest BCUT2D eigenvalue weighted by atomic mass is 10.0. The summed E-state index contributed by atoms with van der Waals surface area (Å²) >= 11 is 0. The van der Waals surface area contributed by atoms with Gasteiger partial charge in [-0.1, -0.05) is 25.5 Å². The molecule has 0 spiro atoms. The van der Waals surface area contributed by atoms with Crippen LogP contribution >= 0.6 is 0 Å². The maximum Gasteiger partial charge on any atom is 0.194 e. The number of anilines is 1. The van der Waals surface area contributed by atoms with Crippen molar-refractivity contribution in [2.75, 3.05) is 5.73 Å². The molecular weight excluding hydrogens is 212 g/mol. The van der Waals surface area contributed by atoms with Crippen LogP contribution in [0.25, 0.3) is 10.9 Å². The molecule has 0 bridgehead atoms. The van der Waals surface area contributed by atoms with Gasteiger partial charge < -0.3 is 10.7 Å². The molecule has 0 aliphatic heterocycles. The molecule has 0 unspecified atom stereocenters. The van der Waals surface area contributed by atoms with Crippen molar-refractivity contribution in [3.05, 3.63) is 39.5 Å². The average Bonchev–Trinajstić information content (AvgIpc) is 2.31. The van der Waals surface area contributed by atoms with Crippen molar-refractivity contribution in [2.45, 2.75) is 33.1 Å². The number of para-hydroxylation sites is 1. The number of hydrogen-bond donors (Lipinski definition) is 2. The number of aryl methyl sites for hydroxylation is 1. The van der Waals surface area contributed by atoms with Crippen molar-refractivity contribution in [1.29, 1.82) is 0 Å². The Morgan fingerprint density at radius 3 is 2.82 bits per heavy atom. The fourth-order valence-electron chi connectivity index (χ4n) is 2.12. The SMILES string of the molecule is CCCCc1c(N)[nH]c2c(C)cccc2c1=O. The van der Waals surface area contributed by atoms with Crippen LogP contribution < -0.4 is 11.2 Å². The second kappa shape index (κ2) is 4.62. The number of nitrogens with one attached hydrogen (secondary N) is 1. The first-order valence-corrected chi connectivity index (χ1v) is 6.05. The number of benzene rings is 1. The van der Waals surface area contributed by atoms with Crippen molar-refractivity contribution in [1.82, 2.24) is 4.98 Å². The lowest BCUT2D eigenvalue weighted by molar-refractivity contribution is 0.792. The molecule has 17 heavy (non-hydrogen) atoms. The van der Waals surface area contributed by atoms with Crippen molar-refractivity contribution in [3.63, 3.8) is 0 Å². The van der Waals surface area contributed by atoms with Crippen LogP contribution in [-0.4, -0.2) is 4.98 Å². The molecule has 1 heterocycles. The molecule has 90 valence electrons. The number of unbranched alkanes of at least 4 members (excludes halogenated alkanes) is 1. The van der Waals surface area contributed by atoms with Crippen LogP contribution in [-0.2, 0) is 6.42 Å². The molecule has 0 atom stereocenters. The molecule has 0 fully saturated rings. The van der Waals surface area contributed by atoms with Crippen molar-refractivity contribution in [3.8, 4) is 0 Å². The van der Waals surface area contributed by atoms with E-state index in [2.05, 4.69) is 11.9 Å². The normalized spacial score (nSPS) is 10.9. The molecule has 1 aromatic carbocycles. The third kappa shape index (κ3) is 2.05. The van der Waals surface area contributed by atoms with Crippen LogP contribution in [0.4, 0.5) is 5.82 Å². The number of fused-ring (bicyclic) bond motifs is 1. The zero-order valence-corrected chi connectivity index (χ0v) is 10.3. The third-order valence-corrected chi connectivity index (χ3v) is 3.16. The maximum atomic E-state index is 12.3. The zero-order chi connectivity index (χ0) is 12.4. The van der Waals surface area contributed by atoms with Crippen LogP contribution in [0.3, 0.4) is 0 Å². The monoisotopic (exact) mass is 230 g/mol. The van der Waals surface area contributed by atoms with Gasteiger partial charge in [0, 0.05) is 10.9 Å². The molecule has 2 aromatic rings. The minimum atomic E-state index is 0.0772. The van der Waals surface area contributed by atoms with Crippen molar-refractivity contribution >= 4 is 16.7 Å². The molecule has 0 aliphatic rings. The van der Waals surface area contributed by atoms with Gasteiger partial charge in [-0.2, -0.15) is 0 Å². The predicted molar refractivity (Wildman–Crippen MR) is 72.3 cm³/mol. The molecule has 1 aromatic heterocycles. The summed E-state index contributed by atoms with van der Waals surface area (Å²) in [4.78, 5) is 15.5. The number of nitrogen functional groups attached to an aromatic ring is 1. The summed E-state index contributed by atoms with van der Waals surface area (Å²) in [6.45, 7) is 4.08. The molecule has 0 saturated heterocycles. The first-order valence-electron chi connectivity index (χ1n) is 6.05. The molecule has 3 N–H and O–H groups in total. The molecule has 0 radical (unpaired) electrons. The number of rotatable bonds is 3. The first kappa shape index (κ1) is 11.7. The Morgan fingerprint density at radius 2 is 2.12 bits per heavy atom. The van der Waals surface area contributed by atoms with Gasteiger partial charge in [0.1, 0.15) is 5.82 Å². The molecule has 0 amide bonds. The lowest BCUT2D eigenvalue weighted by Crippen LogP contribution is -2.14. The van der Waals surface area contributed by atoms with E-state index < -0.39 is 0 Å². The van der Waals surface area contributed by atoms with E-state index in [9.17, 15) is 4.79 Å². The highest BCUT2D eigenvalue weighted by atomic mass is 16.1. The van der Waals surface area contributed by atoms with E-state index >= 15 is 0 Å². The minimum Gasteiger partial charge on any atom is -0.385 e. The zero-order valence-electron chi connectivity index (χ0n) is 10.3. The van der Waals surface area contributed by atoms with E-state index in [1.807, 2.05) is 25.1 Å². The van der Waals surface area contributed by atoms with Gasteiger partial charge in [-0.15, -0.1) is 0 Å². The highest BCUT2D eigenvalue weighted by Crippen LogP contribution is 2.17. The topological polar surface area (TPSA) is 58.9 Å². The Morgan fingerprint density at radius 1 is 1.35 bits per heavy atom. The lowest BCUT2D eigenvalue weighted by Gasteiger charge is -2.08. The first-order chi connectivity index (χ1) is 8.15. The van der Waals surface area contributed by atoms with Crippen molar-refractivity contribution < 1.29 is 0 Å². The largest absolute Gasteiger partial charge is 0.385 e. The van der Waals surface area contributed by atoms with Gasteiger partial charge >= 0.3 is 0 Å². The molecule has 2 rings (SSSR count). The predicted octanol–water partition coefficient (Wildman–Crippen LogP) is 2.76. The van der Waals surface area contributed by atoms with Gasteiger partial charge in [0.2, 0.25) is 0 Å². The Bertz CT molecular complexity index is 599. The van der Waals surface area contributed by atoms with Crippen LogP contribution in [0.5, 0.6) is 0 Å². The number of nitrogens with two attached hydrogens (primary N) is 1. The summed E-state index contributed by atoms with van der Waals surface area (Å²) in [5.41, 5.74) is 8.65. The second-order valence-corrected chi connectivity index (χ2v) is 4.45. The summed E-state index contributed by atoms with van der Waals surface area (Å²) in [6.07, 6.45) is 2.80. The Labute approximate surface area is 101 Å². The van der Waals surface area contributed by atoms with Gasteiger partial charge in [-0.05, 0) is 31.4 Å². The molecule has 3 nitrogen and oxygen atoms in total. The van der Waals surface area contributed by atoms with Gasteiger partial charge in [0.05, 0.1) is 5.52 Å². The molecular formula is C14H18N2O. The minimum absolute atomic E-state index is 0.0772. The Balaban J connectivity index is 2.68. The number of pyridine rings is 1. The van der Waals surface area contributed by atoms with E-state index in [0.29, 0.717) is 5.82 Å². The van der Waals surface area contributed by atoms with Gasteiger partial charge in [0.25, 0.3) is 0 Å². The van der Waals surface area contributed by atoms with E-state index in [1.54, 1.807) is 0 Å². The van der Waals surface area contributed by atoms with Crippen molar-refractivity contribution in [2.24, 2.45) is 0 Å². The summed E-state index contributed by atoms with van der Waals surface area (Å²) < 4.78 is 0. The Hall–Kier alpha value is -1.77. The van der Waals surface area contributed by atoms with E-state index in [4.69, 9.17) is 5.73 Å². The van der Waals surface area contributed by atoms with Gasteiger partial charge in [-0.25, -0.2) is 0 Å². The van der Waals surface area contributed by atoms with Gasteiger partial charge in [-0.3, -0.25) is 4.79 Å². The number of hydrogen-bond acceptors (Lipinski definition) is 2. The third-order valence-electron chi connectivity index (χ3n) is 3.16. The van der Waals surface area contributed by atoms with E-state index in [1.165, 1.54) is 0 Å². The highest BCUT2D eigenvalue weighted by molar-refractivity contribution is 5.84. The quantitative estimate of drug-likeness (QED) is 0.851. The number of aromatic nitrogens is 1. The summed E-state index contributed by atoms with van der Waals surface area (Å²) in [6, 6.07) is 5.74. The highest BCUT2D eigenvalue weighted by Gasteiger charge is 2.10.